The molecule has 5 atom stereocenters. The van der Waals surface area contributed by atoms with Gasteiger partial charge in [-0.2, -0.15) is 0 Å². The molecule has 0 spiro atoms. The second-order valence-electron chi connectivity index (χ2n) is 8.02. The van der Waals surface area contributed by atoms with Crippen molar-refractivity contribution in [1.29, 1.82) is 0 Å². The van der Waals surface area contributed by atoms with Gasteiger partial charge in [0.25, 0.3) is 0 Å². The van der Waals surface area contributed by atoms with Gasteiger partial charge in [-0.3, -0.25) is 9.59 Å². The maximum atomic E-state index is 13.0. The predicted molar refractivity (Wildman–Crippen MR) is 88.3 cm³/mol. The summed E-state index contributed by atoms with van der Waals surface area (Å²) in [4.78, 5) is 37.1. The number of carbonyl (C=O) groups is 3. The predicted octanol–water partition coefficient (Wildman–Crippen LogP) is 1.79. The molecule has 1 aliphatic heterocycles. The van der Waals surface area contributed by atoms with Crippen LogP contribution in [0.25, 0.3) is 0 Å². The summed E-state index contributed by atoms with van der Waals surface area (Å²) in [5.41, 5.74) is -2.42. The molecule has 3 aliphatic rings. The molecule has 138 valence electrons. The highest BCUT2D eigenvalue weighted by Crippen LogP contribution is 2.59. The van der Waals surface area contributed by atoms with Crippen LogP contribution in [0.5, 0.6) is 0 Å². The Labute approximate surface area is 147 Å². The molecule has 2 saturated carbocycles. The Balaban J connectivity index is 2.07. The van der Waals surface area contributed by atoms with Crippen LogP contribution in [0.1, 0.15) is 46.5 Å². The molecule has 0 aromatic heterocycles. The monoisotopic (exact) mass is 350 g/mol. The van der Waals surface area contributed by atoms with Crippen molar-refractivity contribution in [1.82, 2.24) is 0 Å². The maximum Gasteiger partial charge on any atom is 0.334 e. The highest BCUT2D eigenvalue weighted by molar-refractivity contribution is 5.95. The van der Waals surface area contributed by atoms with E-state index < -0.39 is 29.1 Å². The van der Waals surface area contributed by atoms with Crippen molar-refractivity contribution < 1.29 is 29.0 Å². The van der Waals surface area contributed by atoms with E-state index in [1.54, 1.807) is 13.8 Å². The first-order valence-corrected chi connectivity index (χ1v) is 8.97. The van der Waals surface area contributed by atoms with Crippen LogP contribution in [0.15, 0.2) is 12.2 Å². The number of rotatable bonds is 3. The van der Waals surface area contributed by atoms with Crippen LogP contribution in [0.4, 0.5) is 0 Å². The minimum Gasteiger partial charge on any atom is -0.464 e. The van der Waals surface area contributed by atoms with Gasteiger partial charge in [-0.1, -0.05) is 27.4 Å². The van der Waals surface area contributed by atoms with Gasteiger partial charge in [0.1, 0.15) is 23.9 Å². The third kappa shape index (κ3) is 2.37. The Kier molecular flexibility index (Phi) is 4.30. The lowest BCUT2D eigenvalue weighted by atomic mass is 9.64. The van der Waals surface area contributed by atoms with Crippen molar-refractivity contribution in [2.75, 3.05) is 6.61 Å². The van der Waals surface area contributed by atoms with Crippen molar-refractivity contribution in [3.63, 3.8) is 0 Å². The number of hydrogen-bond donors (Lipinski definition) is 1. The molecule has 0 amide bonds. The fraction of sp³-hybridized carbons (Fsp3) is 0.737. The second kappa shape index (κ2) is 5.94. The third-order valence-corrected chi connectivity index (χ3v) is 6.44. The molecular weight excluding hydrogens is 324 g/mol. The first-order chi connectivity index (χ1) is 11.6. The fourth-order valence-corrected chi connectivity index (χ4v) is 4.77. The normalized spacial score (nSPS) is 40.5. The van der Waals surface area contributed by atoms with Crippen molar-refractivity contribution in [3.05, 3.63) is 12.2 Å². The molecule has 3 rings (SSSR count). The van der Waals surface area contributed by atoms with Gasteiger partial charge in [0.15, 0.2) is 0 Å². The Morgan fingerprint density at radius 2 is 2.08 bits per heavy atom. The zero-order valence-corrected chi connectivity index (χ0v) is 15.0. The van der Waals surface area contributed by atoms with Gasteiger partial charge in [-0.15, -0.1) is 0 Å². The zero-order valence-electron chi connectivity index (χ0n) is 15.0. The number of esters is 2. The highest BCUT2D eigenvalue weighted by Gasteiger charge is 2.71. The average Bonchev–Trinajstić information content (AvgIpc) is 2.96. The number of ketones is 1. The van der Waals surface area contributed by atoms with Crippen LogP contribution < -0.4 is 0 Å². The first-order valence-electron chi connectivity index (χ1n) is 8.97. The van der Waals surface area contributed by atoms with Crippen molar-refractivity contribution in [3.8, 4) is 0 Å². The van der Waals surface area contributed by atoms with Crippen molar-refractivity contribution >= 4 is 17.7 Å². The quantitative estimate of drug-likeness (QED) is 0.616. The standard InChI is InChI=1S/C19H26O6/c1-10(2)16(21)24-9-18-14(20)7-8-19(18,23)11(3)5-6-13-12(4)17(22)25-15(13)18/h10-11,13,15,23H,4-9H2,1-3H3. The van der Waals surface area contributed by atoms with Crippen LogP contribution in [0.2, 0.25) is 0 Å². The number of ether oxygens (including phenoxy) is 2. The number of hydrogen-bond acceptors (Lipinski definition) is 6. The Bertz CT molecular complexity index is 638. The van der Waals surface area contributed by atoms with Crippen LogP contribution in [0.3, 0.4) is 0 Å². The minimum atomic E-state index is -1.41. The Morgan fingerprint density at radius 3 is 2.72 bits per heavy atom. The van der Waals surface area contributed by atoms with Gasteiger partial charge in [0.2, 0.25) is 0 Å². The summed E-state index contributed by atoms with van der Waals surface area (Å²) in [5, 5.41) is 11.5. The fourth-order valence-electron chi connectivity index (χ4n) is 4.77. The van der Waals surface area contributed by atoms with E-state index in [9.17, 15) is 19.5 Å². The van der Waals surface area contributed by atoms with Crippen molar-refractivity contribution in [2.45, 2.75) is 58.2 Å². The lowest BCUT2D eigenvalue weighted by Crippen LogP contribution is -2.61. The van der Waals surface area contributed by atoms with E-state index in [1.807, 2.05) is 6.92 Å². The molecule has 5 unspecified atom stereocenters. The van der Waals surface area contributed by atoms with Gasteiger partial charge in [0, 0.05) is 17.9 Å². The lowest BCUT2D eigenvalue weighted by molar-refractivity contribution is -0.192. The molecule has 0 aromatic rings. The number of aliphatic hydroxyl groups is 1. The van der Waals surface area contributed by atoms with Crippen LogP contribution in [0, 0.1) is 23.2 Å². The molecule has 2 aliphatic carbocycles. The highest BCUT2D eigenvalue weighted by atomic mass is 16.6. The van der Waals surface area contributed by atoms with E-state index in [0.717, 1.165) is 0 Å². The van der Waals surface area contributed by atoms with Crippen LogP contribution >= 0.6 is 0 Å². The van der Waals surface area contributed by atoms with E-state index in [4.69, 9.17) is 9.47 Å². The second-order valence-corrected chi connectivity index (χ2v) is 8.02. The zero-order chi connectivity index (χ0) is 18.6. The molecule has 0 aromatic carbocycles. The Hall–Kier alpha value is -1.69. The average molecular weight is 350 g/mol. The smallest absolute Gasteiger partial charge is 0.334 e. The van der Waals surface area contributed by atoms with Crippen LogP contribution in [-0.4, -0.2) is 41.1 Å². The minimum absolute atomic E-state index is 0.172. The maximum absolute atomic E-state index is 13.0. The number of fused-ring (bicyclic) bond motifs is 3. The largest absolute Gasteiger partial charge is 0.464 e. The molecule has 3 fully saturated rings. The van der Waals surface area contributed by atoms with E-state index >= 15 is 0 Å². The van der Waals surface area contributed by atoms with E-state index in [-0.39, 0.29) is 36.6 Å². The summed E-state index contributed by atoms with van der Waals surface area (Å²) in [6.07, 6.45) is 0.927. The molecule has 0 bridgehead atoms. The van der Waals surface area contributed by atoms with Crippen LogP contribution in [-0.2, 0) is 23.9 Å². The lowest BCUT2D eigenvalue weighted by Gasteiger charge is -2.45. The third-order valence-electron chi connectivity index (χ3n) is 6.44. The summed E-state index contributed by atoms with van der Waals surface area (Å²) in [7, 11) is 0. The molecule has 25 heavy (non-hydrogen) atoms. The van der Waals surface area contributed by atoms with Gasteiger partial charge < -0.3 is 14.6 Å². The van der Waals surface area contributed by atoms with Gasteiger partial charge >= 0.3 is 11.9 Å². The van der Waals surface area contributed by atoms with E-state index in [0.29, 0.717) is 24.8 Å². The molecular formula is C19H26O6. The first kappa shape index (κ1) is 18.1. The molecule has 0 radical (unpaired) electrons. The summed E-state index contributed by atoms with van der Waals surface area (Å²) in [6, 6.07) is 0. The topological polar surface area (TPSA) is 89.9 Å². The van der Waals surface area contributed by atoms with Gasteiger partial charge in [0.05, 0.1) is 11.5 Å². The van der Waals surface area contributed by atoms with Gasteiger partial charge in [-0.25, -0.2) is 4.79 Å². The molecule has 1 heterocycles. The Morgan fingerprint density at radius 1 is 1.40 bits per heavy atom. The summed E-state index contributed by atoms with van der Waals surface area (Å²) < 4.78 is 11.0. The summed E-state index contributed by atoms with van der Waals surface area (Å²) >= 11 is 0. The number of carbonyl (C=O) groups excluding carboxylic acids is 3. The SMILES string of the molecule is C=C1C(=O)OC2C1CCC(C)C1(O)CCC(=O)C21COC(=O)C(C)C. The molecule has 1 N–H and O–H groups in total. The van der Waals surface area contributed by atoms with Crippen molar-refractivity contribution in [2.24, 2.45) is 23.2 Å². The summed E-state index contributed by atoms with van der Waals surface area (Å²) in [5.74, 6) is -2.01. The molecule has 1 saturated heterocycles. The summed E-state index contributed by atoms with van der Waals surface area (Å²) in [6.45, 7) is 8.89. The molecule has 6 nitrogen and oxygen atoms in total. The van der Waals surface area contributed by atoms with E-state index in [2.05, 4.69) is 6.58 Å². The molecule has 6 heteroatoms. The number of Topliss-reactive ketones (excluding diaryl/α,β-unsaturated/α-hetero) is 1. The van der Waals surface area contributed by atoms with Gasteiger partial charge in [-0.05, 0) is 25.2 Å². The van der Waals surface area contributed by atoms with E-state index in [1.165, 1.54) is 0 Å².